The van der Waals surface area contributed by atoms with Crippen LogP contribution < -0.4 is 0 Å². The number of carbonyl (C=O) groups is 1. The summed E-state index contributed by atoms with van der Waals surface area (Å²) in [6.45, 7) is 7.92. The molecule has 6 nitrogen and oxygen atoms in total. The smallest absolute Gasteiger partial charge is 0.272 e. The van der Waals surface area contributed by atoms with Crippen LogP contribution in [0.5, 0.6) is 0 Å². The molecule has 0 aliphatic carbocycles. The normalized spacial score (nSPS) is 30.8. The molecule has 3 heterocycles. The molecule has 0 spiro atoms. The van der Waals surface area contributed by atoms with Gasteiger partial charge in [0.1, 0.15) is 5.69 Å². The Balaban J connectivity index is 1.63. The number of likely N-dealkylation sites (tertiary alicyclic amines) is 1. The molecule has 2 fully saturated rings. The number of ether oxygens (including phenoxy) is 1. The van der Waals surface area contributed by atoms with Crippen LogP contribution in [0.3, 0.4) is 0 Å². The fourth-order valence-electron chi connectivity index (χ4n) is 3.55. The summed E-state index contributed by atoms with van der Waals surface area (Å²) < 4.78 is 5.78. The first kappa shape index (κ1) is 14.5. The second-order valence-electron chi connectivity index (χ2n) is 6.24. The van der Waals surface area contributed by atoms with Crippen molar-refractivity contribution in [2.75, 3.05) is 26.2 Å². The molecule has 2 aliphatic rings. The zero-order valence-corrected chi connectivity index (χ0v) is 12.8. The Labute approximate surface area is 125 Å². The van der Waals surface area contributed by atoms with E-state index in [1.54, 1.807) is 12.3 Å². The highest BCUT2D eigenvalue weighted by molar-refractivity contribution is 5.92. The third-order valence-corrected chi connectivity index (χ3v) is 4.33. The molecule has 3 rings (SSSR count). The Morgan fingerprint density at radius 1 is 1.43 bits per heavy atom. The van der Waals surface area contributed by atoms with Crippen molar-refractivity contribution in [1.29, 1.82) is 0 Å². The number of nitrogens with zero attached hydrogens (tertiary/aromatic N) is 3. The van der Waals surface area contributed by atoms with E-state index in [0.717, 1.165) is 39.0 Å². The zero-order chi connectivity index (χ0) is 14.8. The van der Waals surface area contributed by atoms with Gasteiger partial charge >= 0.3 is 0 Å². The van der Waals surface area contributed by atoms with Gasteiger partial charge in [-0.05, 0) is 32.8 Å². The Hall–Kier alpha value is -1.40. The van der Waals surface area contributed by atoms with E-state index in [2.05, 4.69) is 28.9 Å². The van der Waals surface area contributed by atoms with Crippen molar-refractivity contribution in [3.63, 3.8) is 0 Å². The van der Waals surface area contributed by atoms with Crippen LogP contribution in [0.2, 0.25) is 0 Å². The molecule has 0 unspecified atom stereocenters. The number of aromatic amines is 1. The van der Waals surface area contributed by atoms with Crippen LogP contribution in [-0.2, 0) is 4.74 Å². The highest BCUT2D eigenvalue weighted by Crippen LogP contribution is 2.22. The van der Waals surface area contributed by atoms with Crippen LogP contribution in [0.4, 0.5) is 0 Å². The molecule has 6 heteroatoms. The quantitative estimate of drug-likeness (QED) is 0.907. The number of morpholine rings is 1. The highest BCUT2D eigenvalue weighted by Gasteiger charge is 2.33. The second kappa shape index (κ2) is 6.15. The van der Waals surface area contributed by atoms with Gasteiger partial charge in [0.15, 0.2) is 0 Å². The average molecular weight is 292 g/mol. The summed E-state index contributed by atoms with van der Waals surface area (Å²) in [4.78, 5) is 16.9. The van der Waals surface area contributed by atoms with Gasteiger partial charge < -0.3 is 9.64 Å². The first-order chi connectivity index (χ1) is 10.1. The van der Waals surface area contributed by atoms with Crippen molar-refractivity contribution in [1.82, 2.24) is 20.0 Å². The van der Waals surface area contributed by atoms with Crippen LogP contribution in [-0.4, -0.2) is 70.3 Å². The maximum atomic E-state index is 12.5. The van der Waals surface area contributed by atoms with Crippen molar-refractivity contribution in [3.8, 4) is 0 Å². The molecule has 0 bridgehead atoms. The minimum Gasteiger partial charge on any atom is -0.373 e. The summed E-state index contributed by atoms with van der Waals surface area (Å²) in [6, 6.07) is 2.05. The molecular formula is C15H24N4O2. The summed E-state index contributed by atoms with van der Waals surface area (Å²) in [5, 5.41) is 6.65. The fourth-order valence-corrected chi connectivity index (χ4v) is 3.55. The number of carbonyl (C=O) groups excluding carboxylic acids is 1. The molecule has 0 radical (unpaired) electrons. The number of hydrogen-bond donors (Lipinski definition) is 1. The van der Waals surface area contributed by atoms with Gasteiger partial charge in [-0.1, -0.05) is 0 Å². The van der Waals surface area contributed by atoms with Crippen molar-refractivity contribution >= 4 is 5.91 Å². The lowest BCUT2D eigenvalue weighted by Crippen LogP contribution is -2.51. The molecule has 0 saturated carbocycles. The molecular weight excluding hydrogens is 268 g/mol. The average Bonchev–Trinajstić information content (AvgIpc) is 3.07. The topological polar surface area (TPSA) is 61.5 Å². The summed E-state index contributed by atoms with van der Waals surface area (Å²) in [5.41, 5.74) is 0.589. The molecule has 1 aromatic heterocycles. The van der Waals surface area contributed by atoms with Gasteiger partial charge in [-0.3, -0.25) is 14.8 Å². The number of rotatable bonds is 3. The fraction of sp³-hybridized carbons (Fsp3) is 0.733. The minimum absolute atomic E-state index is 0.0735. The van der Waals surface area contributed by atoms with Crippen LogP contribution in [0.25, 0.3) is 0 Å². The van der Waals surface area contributed by atoms with E-state index in [-0.39, 0.29) is 18.1 Å². The standard InChI is InChI=1S/C15H24N4O2/c1-11-8-18(9-12(2)21-11)10-13-4-3-7-19(13)15(20)14-5-6-16-17-14/h5-6,11-13H,3-4,7-10H2,1-2H3,(H,16,17)/t11-,12-,13-/m1/s1. The van der Waals surface area contributed by atoms with Crippen molar-refractivity contribution in [3.05, 3.63) is 18.0 Å². The minimum atomic E-state index is 0.0735. The van der Waals surface area contributed by atoms with Crippen LogP contribution in [0, 0.1) is 0 Å². The maximum Gasteiger partial charge on any atom is 0.272 e. The van der Waals surface area contributed by atoms with E-state index in [1.165, 1.54) is 0 Å². The Morgan fingerprint density at radius 3 is 2.86 bits per heavy atom. The van der Waals surface area contributed by atoms with E-state index >= 15 is 0 Å². The lowest BCUT2D eigenvalue weighted by Gasteiger charge is -2.38. The highest BCUT2D eigenvalue weighted by atomic mass is 16.5. The molecule has 1 aromatic rings. The third-order valence-electron chi connectivity index (χ3n) is 4.33. The summed E-state index contributed by atoms with van der Waals surface area (Å²) in [5.74, 6) is 0.0735. The van der Waals surface area contributed by atoms with Crippen LogP contribution >= 0.6 is 0 Å². The molecule has 116 valence electrons. The lowest BCUT2D eigenvalue weighted by atomic mass is 10.1. The number of nitrogens with one attached hydrogen (secondary N) is 1. The monoisotopic (exact) mass is 292 g/mol. The SMILES string of the molecule is C[C@@H]1CN(C[C@H]2CCCN2C(=O)c2ccn[nH]2)C[C@@H](C)O1. The second-order valence-corrected chi connectivity index (χ2v) is 6.24. The van der Waals surface area contributed by atoms with E-state index in [4.69, 9.17) is 4.74 Å². The Kier molecular flexibility index (Phi) is 4.26. The first-order valence-electron chi connectivity index (χ1n) is 7.81. The lowest BCUT2D eigenvalue weighted by molar-refractivity contribution is -0.0715. The Morgan fingerprint density at radius 2 is 2.19 bits per heavy atom. The predicted molar refractivity (Wildman–Crippen MR) is 79.1 cm³/mol. The Bertz CT molecular complexity index is 466. The summed E-state index contributed by atoms with van der Waals surface area (Å²) in [7, 11) is 0. The predicted octanol–water partition coefficient (Wildman–Crippen LogP) is 1.12. The van der Waals surface area contributed by atoms with E-state index in [0.29, 0.717) is 11.7 Å². The number of H-pyrrole nitrogens is 1. The van der Waals surface area contributed by atoms with Crippen molar-refractivity contribution in [2.45, 2.75) is 44.9 Å². The molecule has 1 amide bonds. The summed E-state index contributed by atoms with van der Waals surface area (Å²) in [6.07, 6.45) is 4.34. The van der Waals surface area contributed by atoms with Crippen LogP contribution in [0.15, 0.2) is 12.3 Å². The van der Waals surface area contributed by atoms with Crippen LogP contribution in [0.1, 0.15) is 37.2 Å². The van der Waals surface area contributed by atoms with Gasteiger partial charge in [0.05, 0.1) is 12.2 Å². The van der Waals surface area contributed by atoms with Gasteiger partial charge in [0.2, 0.25) is 0 Å². The molecule has 3 atom stereocenters. The molecule has 1 N–H and O–H groups in total. The van der Waals surface area contributed by atoms with E-state index < -0.39 is 0 Å². The van der Waals surface area contributed by atoms with E-state index in [1.807, 2.05) is 4.90 Å². The number of amides is 1. The first-order valence-corrected chi connectivity index (χ1v) is 7.81. The van der Waals surface area contributed by atoms with Crippen molar-refractivity contribution < 1.29 is 9.53 Å². The van der Waals surface area contributed by atoms with E-state index in [9.17, 15) is 4.79 Å². The third kappa shape index (κ3) is 3.27. The maximum absolute atomic E-state index is 12.5. The van der Waals surface area contributed by atoms with Gasteiger partial charge in [0.25, 0.3) is 5.91 Å². The molecule has 2 aliphatic heterocycles. The summed E-state index contributed by atoms with van der Waals surface area (Å²) >= 11 is 0. The number of hydrogen-bond acceptors (Lipinski definition) is 4. The van der Waals surface area contributed by atoms with Gasteiger partial charge in [-0.2, -0.15) is 5.10 Å². The van der Waals surface area contributed by atoms with Gasteiger partial charge in [-0.25, -0.2) is 0 Å². The number of aromatic nitrogens is 2. The van der Waals surface area contributed by atoms with Gasteiger partial charge in [-0.15, -0.1) is 0 Å². The van der Waals surface area contributed by atoms with Gasteiger partial charge in [0, 0.05) is 38.4 Å². The molecule has 2 saturated heterocycles. The zero-order valence-electron chi connectivity index (χ0n) is 12.8. The largest absolute Gasteiger partial charge is 0.373 e. The molecule has 21 heavy (non-hydrogen) atoms. The van der Waals surface area contributed by atoms with Crippen molar-refractivity contribution in [2.24, 2.45) is 0 Å². The molecule has 0 aromatic carbocycles.